The monoisotopic (exact) mass is 432 g/mol. The molecule has 1 aromatic heterocycles. The summed E-state index contributed by atoms with van der Waals surface area (Å²) in [6, 6.07) is 13.7. The normalized spacial score (nSPS) is 14.2. The summed E-state index contributed by atoms with van der Waals surface area (Å²) in [4.78, 5) is 9.07. The Kier molecular flexibility index (Phi) is 5.60. The minimum atomic E-state index is 0.0214. The van der Waals surface area contributed by atoms with Gasteiger partial charge in [0.15, 0.2) is 0 Å². The molecule has 1 heterocycles. The molecule has 0 bridgehead atoms. The summed E-state index contributed by atoms with van der Waals surface area (Å²) in [5.74, 6) is 1.12. The van der Waals surface area contributed by atoms with Crippen molar-refractivity contribution < 1.29 is 4.74 Å². The van der Waals surface area contributed by atoms with Crippen LogP contribution in [0.5, 0.6) is 5.75 Å². The zero-order valence-corrected chi connectivity index (χ0v) is 18.9. The molecule has 1 aliphatic carbocycles. The molecule has 5 nitrogen and oxygen atoms in total. The van der Waals surface area contributed by atoms with E-state index in [2.05, 4.69) is 36.3 Å². The van der Waals surface area contributed by atoms with Crippen molar-refractivity contribution in [3.8, 4) is 23.1 Å². The average Bonchev–Trinajstić information content (AvgIpc) is 3.04. The van der Waals surface area contributed by atoms with Crippen LogP contribution in [0, 0.1) is 11.3 Å². The molecule has 1 N–H and O–H groups in total. The van der Waals surface area contributed by atoms with Crippen molar-refractivity contribution in [3.63, 3.8) is 0 Å². The second kappa shape index (κ2) is 8.20. The van der Waals surface area contributed by atoms with E-state index in [0.717, 1.165) is 35.2 Å². The van der Waals surface area contributed by atoms with Gasteiger partial charge in [0.25, 0.3) is 0 Å². The Morgan fingerprint density at radius 1 is 1.19 bits per heavy atom. The standard InChI is InChI=1S/C25H25ClN4O/c1-15(2)31-23-6-5-18(26)13-22(23)30-24-28-10-8-21(29-24)16-11-17(14-27)19-7-9-25(3,4)20(19)12-16/h5-6,8,10-13,15H,7,9H2,1-4H3,(H,28,29,30). The first-order valence-corrected chi connectivity index (χ1v) is 10.8. The summed E-state index contributed by atoms with van der Waals surface area (Å²) in [6.45, 7) is 8.40. The number of ether oxygens (including phenoxy) is 1. The highest BCUT2D eigenvalue weighted by Gasteiger charge is 2.32. The smallest absolute Gasteiger partial charge is 0.227 e. The van der Waals surface area contributed by atoms with Gasteiger partial charge in [0.2, 0.25) is 5.95 Å². The molecule has 3 aromatic rings. The molecule has 0 fully saturated rings. The van der Waals surface area contributed by atoms with E-state index in [4.69, 9.17) is 21.3 Å². The highest BCUT2D eigenvalue weighted by atomic mass is 35.5. The lowest BCUT2D eigenvalue weighted by atomic mass is 9.84. The molecule has 0 unspecified atom stereocenters. The number of nitriles is 1. The number of rotatable bonds is 5. The highest BCUT2D eigenvalue weighted by molar-refractivity contribution is 6.31. The van der Waals surface area contributed by atoms with Crippen molar-refractivity contribution in [1.29, 1.82) is 5.26 Å². The van der Waals surface area contributed by atoms with Gasteiger partial charge in [-0.15, -0.1) is 0 Å². The molecule has 2 aromatic carbocycles. The fraction of sp³-hybridized carbons (Fsp3) is 0.320. The van der Waals surface area contributed by atoms with Crippen molar-refractivity contribution in [1.82, 2.24) is 9.97 Å². The van der Waals surface area contributed by atoms with Crippen LogP contribution in [-0.2, 0) is 11.8 Å². The quantitative estimate of drug-likeness (QED) is 0.503. The van der Waals surface area contributed by atoms with Gasteiger partial charge in [-0.05, 0) is 79.6 Å². The molecule has 4 rings (SSSR count). The van der Waals surface area contributed by atoms with Crippen LogP contribution in [0.2, 0.25) is 5.02 Å². The Morgan fingerprint density at radius 2 is 2.00 bits per heavy atom. The second-order valence-electron chi connectivity index (χ2n) is 8.74. The van der Waals surface area contributed by atoms with Crippen molar-refractivity contribution in [2.45, 2.75) is 52.1 Å². The van der Waals surface area contributed by atoms with Crippen LogP contribution in [0.1, 0.15) is 50.8 Å². The number of fused-ring (bicyclic) bond motifs is 1. The third-order valence-electron chi connectivity index (χ3n) is 5.60. The lowest BCUT2D eigenvalue weighted by Crippen LogP contribution is -2.12. The Labute approximate surface area is 188 Å². The molecule has 158 valence electrons. The lowest BCUT2D eigenvalue weighted by molar-refractivity contribution is 0.244. The molecule has 0 aliphatic heterocycles. The van der Waals surface area contributed by atoms with E-state index in [9.17, 15) is 5.26 Å². The zero-order chi connectivity index (χ0) is 22.2. The third-order valence-corrected chi connectivity index (χ3v) is 5.84. The van der Waals surface area contributed by atoms with Gasteiger partial charge in [-0.2, -0.15) is 5.26 Å². The fourth-order valence-electron chi connectivity index (χ4n) is 4.02. The Morgan fingerprint density at radius 3 is 2.74 bits per heavy atom. The summed E-state index contributed by atoms with van der Waals surface area (Å²) in [6.07, 6.45) is 3.72. The SMILES string of the molecule is CC(C)Oc1ccc(Cl)cc1Nc1nccc(-c2cc(C#N)c3c(c2)C(C)(C)CC3)n1. The van der Waals surface area contributed by atoms with Gasteiger partial charge in [0, 0.05) is 16.8 Å². The molecular formula is C25H25ClN4O. The zero-order valence-electron chi connectivity index (χ0n) is 18.2. The summed E-state index contributed by atoms with van der Waals surface area (Å²) in [5, 5.41) is 13.5. The predicted octanol–water partition coefficient (Wildman–Crippen LogP) is 6.42. The first-order valence-electron chi connectivity index (χ1n) is 10.4. The molecule has 6 heteroatoms. The Balaban J connectivity index is 1.71. The molecule has 0 spiro atoms. The molecule has 31 heavy (non-hydrogen) atoms. The van der Waals surface area contributed by atoms with Gasteiger partial charge in [-0.1, -0.05) is 25.4 Å². The third kappa shape index (κ3) is 4.35. The number of anilines is 2. The number of aromatic nitrogens is 2. The first kappa shape index (κ1) is 21.1. The number of nitrogens with one attached hydrogen (secondary N) is 1. The Hall–Kier alpha value is -3.10. The van der Waals surface area contributed by atoms with Gasteiger partial charge in [0.05, 0.1) is 29.1 Å². The number of benzene rings is 2. The van der Waals surface area contributed by atoms with E-state index < -0.39 is 0 Å². The van der Waals surface area contributed by atoms with Crippen LogP contribution >= 0.6 is 11.6 Å². The van der Waals surface area contributed by atoms with E-state index in [-0.39, 0.29) is 11.5 Å². The van der Waals surface area contributed by atoms with Gasteiger partial charge < -0.3 is 10.1 Å². The largest absolute Gasteiger partial charge is 0.489 e. The lowest BCUT2D eigenvalue weighted by Gasteiger charge is -2.20. The van der Waals surface area contributed by atoms with Crippen LogP contribution < -0.4 is 10.1 Å². The number of halogens is 1. The molecule has 0 amide bonds. The maximum Gasteiger partial charge on any atom is 0.227 e. The topological polar surface area (TPSA) is 70.8 Å². The van der Waals surface area contributed by atoms with E-state index in [1.54, 1.807) is 18.3 Å². The van der Waals surface area contributed by atoms with Gasteiger partial charge >= 0.3 is 0 Å². The molecule has 1 aliphatic rings. The van der Waals surface area contributed by atoms with Gasteiger partial charge in [-0.25, -0.2) is 9.97 Å². The maximum absolute atomic E-state index is 9.70. The molecule has 0 saturated carbocycles. The van der Waals surface area contributed by atoms with E-state index in [0.29, 0.717) is 22.4 Å². The predicted molar refractivity (Wildman–Crippen MR) is 124 cm³/mol. The summed E-state index contributed by atoms with van der Waals surface area (Å²) in [5.41, 5.74) is 5.55. The molecule has 0 saturated heterocycles. The van der Waals surface area contributed by atoms with Crippen molar-refractivity contribution in [2.24, 2.45) is 0 Å². The maximum atomic E-state index is 9.70. The van der Waals surface area contributed by atoms with Crippen LogP contribution in [-0.4, -0.2) is 16.1 Å². The van der Waals surface area contributed by atoms with E-state index >= 15 is 0 Å². The minimum absolute atomic E-state index is 0.0214. The van der Waals surface area contributed by atoms with Crippen LogP contribution in [0.3, 0.4) is 0 Å². The Bertz CT molecular complexity index is 1180. The van der Waals surface area contributed by atoms with Crippen LogP contribution in [0.15, 0.2) is 42.6 Å². The van der Waals surface area contributed by atoms with E-state index in [1.807, 2.05) is 32.0 Å². The van der Waals surface area contributed by atoms with Crippen LogP contribution in [0.25, 0.3) is 11.3 Å². The van der Waals surface area contributed by atoms with Crippen molar-refractivity contribution >= 4 is 23.2 Å². The summed E-state index contributed by atoms with van der Waals surface area (Å²) >= 11 is 6.19. The van der Waals surface area contributed by atoms with Crippen molar-refractivity contribution in [2.75, 3.05) is 5.32 Å². The number of nitrogens with zero attached hydrogens (tertiary/aromatic N) is 3. The highest BCUT2D eigenvalue weighted by Crippen LogP contribution is 2.42. The van der Waals surface area contributed by atoms with Crippen molar-refractivity contribution in [3.05, 3.63) is 64.3 Å². The fourth-order valence-corrected chi connectivity index (χ4v) is 4.19. The molecule has 0 atom stereocenters. The van der Waals surface area contributed by atoms with E-state index in [1.165, 1.54) is 5.56 Å². The molecule has 0 radical (unpaired) electrons. The minimum Gasteiger partial charge on any atom is -0.489 e. The second-order valence-corrected chi connectivity index (χ2v) is 9.18. The molecular weight excluding hydrogens is 408 g/mol. The van der Waals surface area contributed by atoms with Gasteiger partial charge in [-0.3, -0.25) is 0 Å². The summed E-state index contributed by atoms with van der Waals surface area (Å²) < 4.78 is 5.88. The average molecular weight is 433 g/mol. The van der Waals surface area contributed by atoms with Gasteiger partial charge in [0.1, 0.15) is 5.75 Å². The van der Waals surface area contributed by atoms with Crippen LogP contribution in [0.4, 0.5) is 11.6 Å². The number of hydrogen-bond acceptors (Lipinski definition) is 5. The summed E-state index contributed by atoms with van der Waals surface area (Å²) in [7, 11) is 0. The first-order chi connectivity index (χ1) is 14.8. The number of hydrogen-bond donors (Lipinski definition) is 1.